The number of hydrogen-bond donors (Lipinski definition) is 7. The highest BCUT2D eigenvalue weighted by Gasteiger charge is 2.58. The van der Waals surface area contributed by atoms with Gasteiger partial charge in [-0.25, -0.2) is 19.9 Å². The predicted molar refractivity (Wildman–Crippen MR) is 517 cm³/mol. The van der Waals surface area contributed by atoms with Gasteiger partial charge in [0.15, 0.2) is 28.1 Å². The SMILES string of the molecule is COc1ccc2c(c1)C(=O)N(C[C@@]1(c3cc4nc(CC(=O)[C@@H](C)O)ccc4o3)CC(=O)NC1=O)C2.COc1ccc2c(c1)C(=O)N(C[C@@]1(c3cc4nc(N(C)c5ccncc5)ccc4o3)CC(=O)NC1=O)C2.COc1ccc2c(c1)C(=O)N(C[C@@]1(c3cc4nc(NC(=O)c5ccncc5)ccc4o3)CC(=O)NC1=O)C2.COc1ccc2c(c1)C(=O)N(C[C@@]1(c3cc4nc(Nc5ccncc5)ccc4o3)CC(=O)NC1=O)C2. The number of fused-ring (bicyclic) bond motifs is 8. The van der Waals surface area contributed by atoms with Crippen molar-refractivity contribution in [1.82, 2.24) is 75.8 Å². The number of hydrogen-bond acceptors (Lipinski definition) is 32. The van der Waals surface area contributed by atoms with Crippen LogP contribution in [0, 0.1) is 0 Å². The van der Waals surface area contributed by atoms with Crippen LogP contribution >= 0.6 is 0 Å². The third kappa shape index (κ3) is 17.9. The molecule has 19 heterocycles. The number of ether oxygens (including phenoxy) is 4. The van der Waals surface area contributed by atoms with Crippen molar-refractivity contribution in [2.24, 2.45) is 0 Å². The number of anilines is 5. The molecule has 146 heavy (non-hydrogen) atoms. The molecule has 8 aliphatic heterocycles. The second-order valence-corrected chi connectivity index (χ2v) is 36.3. The molecule has 736 valence electrons. The van der Waals surface area contributed by atoms with Crippen LogP contribution in [0.3, 0.4) is 0 Å². The maximum absolute atomic E-state index is 13.2. The number of furan rings is 4. The lowest BCUT2D eigenvalue weighted by Crippen LogP contribution is -2.46. The van der Waals surface area contributed by atoms with E-state index in [2.05, 4.69) is 61.8 Å². The van der Waals surface area contributed by atoms with Crippen LogP contribution in [0.25, 0.3) is 44.4 Å². The van der Waals surface area contributed by atoms with Crippen molar-refractivity contribution >= 4 is 156 Å². The molecule has 4 saturated heterocycles. The smallest absolute Gasteiger partial charge is 0.256 e. The van der Waals surface area contributed by atoms with Gasteiger partial charge in [0.2, 0.25) is 47.3 Å². The van der Waals surface area contributed by atoms with Crippen LogP contribution in [0.4, 0.5) is 28.8 Å². The molecule has 0 unspecified atom stereocenters. The number of aromatic nitrogens is 7. The van der Waals surface area contributed by atoms with Gasteiger partial charge in [-0.2, -0.15) is 0 Å². The molecule has 15 aromatic rings. The Balaban J connectivity index is 0.000000118. The van der Waals surface area contributed by atoms with Crippen molar-refractivity contribution in [2.45, 2.75) is 93.0 Å². The van der Waals surface area contributed by atoms with Gasteiger partial charge in [-0.1, -0.05) is 24.3 Å². The van der Waals surface area contributed by atoms with Gasteiger partial charge in [-0.05, 0) is 163 Å². The summed E-state index contributed by atoms with van der Waals surface area (Å²) in [4.78, 5) is 218. The quantitative estimate of drug-likeness (QED) is 0.0262. The van der Waals surface area contributed by atoms with E-state index in [1.807, 2.05) is 60.5 Å². The molecule has 11 aromatic heterocycles. The molecule has 0 saturated carbocycles. The number of pyridine rings is 7. The largest absolute Gasteiger partial charge is 0.497 e. The van der Waals surface area contributed by atoms with Crippen LogP contribution in [0.2, 0.25) is 0 Å². The number of methoxy groups -OCH3 is 4. The first kappa shape index (κ1) is 95.0. The van der Waals surface area contributed by atoms with Crippen molar-refractivity contribution in [1.29, 1.82) is 0 Å². The fourth-order valence-corrected chi connectivity index (χ4v) is 19.3. The summed E-state index contributed by atoms with van der Waals surface area (Å²) >= 11 is 0. The van der Waals surface area contributed by atoms with Gasteiger partial charge >= 0.3 is 0 Å². The minimum atomic E-state index is -1.43. The number of benzene rings is 4. The number of aliphatic hydroxyl groups excluding tert-OH is 1. The summed E-state index contributed by atoms with van der Waals surface area (Å²) in [5.74, 6) is -0.748. The number of carbonyl (C=O) groups excluding carboxylic acids is 14. The molecule has 7 N–H and O–H groups in total. The van der Waals surface area contributed by atoms with E-state index in [9.17, 15) is 72.2 Å². The molecule has 41 nitrogen and oxygen atoms in total. The van der Waals surface area contributed by atoms with E-state index in [-0.39, 0.29) is 130 Å². The molecule has 41 heteroatoms. The van der Waals surface area contributed by atoms with Crippen molar-refractivity contribution in [2.75, 3.05) is 77.2 Å². The highest BCUT2D eigenvalue weighted by molar-refractivity contribution is 6.14. The molecule has 4 aromatic carbocycles. The number of rotatable bonds is 25. The zero-order valence-corrected chi connectivity index (χ0v) is 78.8. The molecular formula is C105H88N18O23. The third-order valence-corrected chi connectivity index (χ3v) is 27.0. The fourth-order valence-electron chi connectivity index (χ4n) is 19.3. The summed E-state index contributed by atoms with van der Waals surface area (Å²) in [5.41, 5.74) is 5.86. The summed E-state index contributed by atoms with van der Waals surface area (Å²) in [6, 6.07) is 51.7. The van der Waals surface area contributed by atoms with E-state index in [0.29, 0.717) is 131 Å². The number of aliphatic hydroxyl groups is 1. The second-order valence-electron chi connectivity index (χ2n) is 36.3. The first-order valence-electron chi connectivity index (χ1n) is 46.0. The highest BCUT2D eigenvalue weighted by Crippen LogP contribution is 2.46. The van der Waals surface area contributed by atoms with Crippen LogP contribution in [0.1, 0.15) is 135 Å². The number of amides is 13. The van der Waals surface area contributed by atoms with E-state index in [0.717, 1.165) is 33.6 Å². The number of nitrogens with zero attached hydrogens (tertiary/aromatic N) is 12. The average molecular weight is 1970 g/mol. The topological polar surface area (TPSA) is 527 Å². The van der Waals surface area contributed by atoms with E-state index in [4.69, 9.17) is 41.6 Å². The number of carbonyl (C=O) groups is 14. The number of Topliss-reactive ketones (excluding diaryl/α,β-unsaturated/α-hetero) is 1. The Kier molecular flexibility index (Phi) is 24.8. The Labute approximate surface area is 827 Å². The zero-order valence-electron chi connectivity index (χ0n) is 78.8. The summed E-state index contributed by atoms with van der Waals surface area (Å²) in [5, 5.41) is 24.9. The first-order chi connectivity index (χ1) is 70.4. The van der Waals surface area contributed by atoms with Crippen molar-refractivity contribution in [3.63, 3.8) is 0 Å². The number of nitrogens with one attached hydrogen (secondary N) is 6. The normalized spacial score (nSPS) is 19.2. The van der Waals surface area contributed by atoms with Gasteiger partial charge in [0.05, 0.1) is 60.5 Å². The molecule has 23 rings (SSSR count). The van der Waals surface area contributed by atoms with Gasteiger partial charge in [0.25, 0.3) is 29.5 Å². The lowest BCUT2D eigenvalue weighted by atomic mass is 9.82. The van der Waals surface area contributed by atoms with E-state index < -0.39 is 75.0 Å². The van der Waals surface area contributed by atoms with E-state index in [1.165, 1.54) is 57.6 Å². The summed E-state index contributed by atoms with van der Waals surface area (Å²) in [6.07, 6.45) is 8.01. The molecule has 0 aliphatic carbocycles. The van der Waals surface area contributed by atoms with Crippen LogP contribution in [0.5, 0.6) is 23.0 Å². The van der Waals surface area contributed by atoms with E-state index in [1.54, 1.807) is 168 Å². The monoisotopic (exact) mass is 1970 g/mol. The van der Waals surface area contributed by atoms with Gasteiger partial charge in [0, 0.05) is 166 Å². The molecule has 4 fully saturated rings. The summed E-state index contributed by atoms with van der Waals surface area (Å²) in [7, 11) is 8.01. The van der Waals surface area contributed by atoms with Crippen LogP contribution in [-0.2, 0) is 97.4 Å². The van der Waals surface area contributed by atoms with Crippen molar-refractivity contribution in [3.8, 4) is 23.0 Å². The van der Waals surface area contributed by atoms with Crippen molar-refractivity contribution in [3.05, 3.63) is 298 Å². The Hall–Kier alpha value is -18.6. The average Bonchev–Trinajstić information content (AvgIpc) is 1.60. The minimum absolute atomic E-state index is 0.00992. The standard InChI is InChI=1S/C27H21N5O6.C27H23N5O5.C26H21N5O5.C25H23N3O7/c1-37-17-3-2-16-13-32(25(35)18(16)10-17)14-27(12-23(33)31-26(27)36)21-11-19-20(38-21)4-5-22(29-19)30-24(34)15-6-8-28-9-7-15;1-31(17-7-9-28-10-8-17)23-6-5-21-20(29-23)12-22(37-21)27(13-24(33)30-26(27)35)15-32-14-16-3-4-18(36-2)11-19(16)25(32)34;1-35-17-3-2-15-13-31(24(33)18(15)10-17)14-26(12-23(32)30-25(26)34)21-11-19-20(36-21)4-5-22(29-19)28-16-6-8-27-9-7-16;1-13(29)19(30)7-15-4-6-20-18(26-15)9-21(35-20)25(10-22(31)27-24(25)33)12-28-11-14-3-5-16(34-2)8-17(14)23(28)32/h2-11H,12-14H2,1H3,(H,29,30,34)(H,31,33,36);3-12H,13-15H2,1-2H3,(H,30,33,35);2-11H,12-14H2,1H3,(H,27,28,29)(H,30,32,34);3-6,8-9,13,29H,7,10-12H2,1-2H3,(H,27,31,33)/t2*27-;26-;13-,25-/m1111/s1. The number of imide groups is 4. The third-order valence-electron chi connectivity index (χ3n) is 27.0. The highest BCUT2D eigenvalue weighted by atomic mass is 16.5. The van der Waals surface area contributed by atoms with Crippen LogP contribution < -0.4 is 55.7 Å². The van der Waals surface area contributed by atoms with Gasteiger partial charge in [-0.15, -0.1) is 0 Å². The fraction of sp³-hybridized carbons (Fsp3) is 0.229. The first-order valence-corrected chi connectivity index (χ1v) is 46.0. The summed E-state index contributed by atoms with van der Waals surface area (Å²) in [6.45, 7) is 2.45. The predicted octanol–water partition coefficient (Wildman–Crippen LogP) is 9.55. The van der Waals surface area contributed by atoms with Gasteiger partial charge in [0.1, 0.15) is 113 Å². The minimum Gasteiger partial charge on any atom is -0.497 e. The lowest BCUT2D eigenvalue weighted by Gasteiger charge is -2.28. The van der Waals surface area contributed by atoms with E-state index >= 15 is 0 Å². The molecular weight excluding hydrogens is 1880 g/mol. The van der Waals surface area contributed by atoms with Gasteiger partial charge in [-0.3, -0.25) is 103 Å². The Morgan fingerprint density at radius 3 is 1.07 bits per heavy atom. The van der Waals surface area contributed by atoms with Gasteiger partial charge < -0.3 is 76.9 Å². The Bertz CT molecular complexity index is 7960. The molecule has 0 radical (unpaired) electrons. The molecule has 5 atom stereocenters. The van der Waals surface area contributed by atoms with Crippen LogP contribution in [-0.4, -0.2) is 210 Å². The molecule has 13 amide bonds. The lowest BCUT2D eigenvalue weighted by molar-refractivity contribution is -0.128. The maximum Gasteiger partial charge on any atom is 0.256 e. The Morgan fingerprint density at radius 2 is 0.719 bits per heavy atom. The second kappa shape index (κ2) is 38.1. The molecule has 0 spiro atoms. The molecule has 8 aliphatic rings. The maximum atomic E-state index is 13.2. The van der Waals surface area contributed by atoms with Crippen molar-refractivity contribution < 1.29 is 109 Å². The molecule has 0 bridgehead atoms. The number of ketones is 1. The summed E-state index contributed by atoms with van der Waals surface area (Å²) < 4.78 is 45.1. The zero-order chi connectivity index (χ0) is 102. The van der Waals surface area contributed by atoms with Crippen LogP contribution in [0.15, 0.2) is 237 Å². The Morgan fingerprint density at radius 1 is 0.397 bits per heavy atom.